The number of ether oxygens (including phenoxy) is 2. The van der Waals surface area contributed by atoms with Gasteiger partial charge in [-0.05, 0) is 49.8 Å². The summed E-state index contributed by atoms with van der Waals surface area (Å²) in [6.07, 6.45) is 8.80. The molecule has 1 aromatic heterocycles. The fourth-order valence-corrected chi connectivity index (χ4v) is 3.13. The Morgan fingerprint density at radius 3 is 2.87 bits per heavy atom. The Balaban J connectivity index is 1.95. The molecular formula is C18H24N2O3. The van der Waals surface area contributed by atoms with Crippen LogP contribution in [-0.4, -0.2) is 43.9 Å². The summed E-state index contributed by atoms with van der Waals surface area (Å²) in [5.41, 5.74) is 3.75. The third-order valence-electron chi connectivity index (χ3n) is 4.35. The van der Waals surface area contributed by atoms with Crippen molar-refractivity contribution in [1.29, 1.82) is 0 Å². The number of allylic oxidation sites excluding steroid dienone is 2. The van der Waals surface area contributed by atoms with Gasteiger partial charge in [-0.25, -0.2) is 9.78 Å². The van der Waals surface area contributed by atoms with Crippen LogP contribution in [0.15, 0.2) is 18.3 Å². The Hall–Kier alpha value is -1.88. The molecule has 0 radical (unpaired) electrons. The molecule has 5 nitrogen and oxygen atoms in total. The molecule has 0 amide bonds. The summed E-state index contributed by atoms with van der Waals surface area (Å²) in [4.78, 5) is 18.9. The van der Waals surface area contributed by atoms with Crippen molar-refractivity contribution < 1.29 is 14.3 Å². The summed E-state index contributed by atoms with van der Waals surface area (Å²) >= 11 is 0. The van der Waals surface area contributed by atoms with Crippen molar-refractivity contribution >= 4 is 17.2 Å². The predicted octanol–water partition coefficient (Wildman–Crippen LogP) is 3.05. The number of hydrogen-bond donors (Lipinski definition) is 0. The molecule has 23 heavy (non-hydrogen) atoms. The molecule has 0 bridgehead atoms. The zero-order valence-electron chi connectivity index (χ0n) is 13.7. The summed E-state index contributed by atoms with van der Waals surface area (Å²) in [5, 5.41) is 0. The lowest BCUT2D eigenvalue weighted by molar-refractivity contribution is 0.0519. The van der Waals surface area contributed by atoms with E-state index in [1.807, 2.05) is 13.1 Å². The molecule has 3 rings (SSSR count). The van der Waals surface area contributed by atoms with Crippen LogP contribution >= 0.6 is 0 Å². The van der Waals surface area contributed by atoms with E-state index in [2.05, 4.69) is 22.0 Å². The van der Waals surface area contributed by atoms with Gasteiger partial charge in [0.1, 0.15) is 0 Å². The van der Waals surface area contributed by atoms with Crippen molar-refractivity contribution in [2.45, 2.75) is 32.6 Å². The second-order valence-electron chi connectivity index (χ2n) is 5.89. The molecule has 0 atom stereocenters. The van der Waals surface area contributed by atoms with Crippen LogP contribution in [0.2, 0.25) is 0 Å². The van der Waals surface area contributed by atoms with Crippen LogP contribution in [0, 0.1) is 0 Å². The minimum atomic E-state index is -0.349. The highest BCUT2D eigenvalue weighted by Gasteiger charge is 2.22. The smallest absolute Gasteiger partial charge is 0.359 e. The number of rotatable bonds is 4. The molecule has 1 aromatic rings. The van der Waals surface area contributed by atoms with Crippen LogP contribution in [0.4, 0.5) is 5.69 Å². The van der Waals surface area contributed by atoms with Crippen LogP contribution < -0.4 is 4.90 Å². The van der Waals surface area contributed by atoms with E-state index in [-0.39, 0.29) is 5.97 Å². The molecule has 1 saturated heterocycles. The van der Waals surface area contributed by atoms with E-state index in [1.165, 1.54) is 18.4 Å². The SMILES string of the molecule is CCOC(=O)c1ncc(C2=CCCCC2)cc1N1CCOCC1. The number of esters is 1. The van der Waals surface area contributed by atoms with Crippen molar-refractivity contribution in [2.24, 2.45) is 0 Å². The fourth-order valence-electron chi connectivity index (χ4n) is 3.13. The van der Waals surface area contributed by atoms with E-state index in [9.17, 15) is 4.79 Å². The van der Waals surface area contributed by atoms with Gasteiger partial charge in [0.25, 0.3) is 0 Å². The molecule has 0 spiro atoms. The molecular weight excluding hydrogens is 292 g/mol. The lowest BCUT2D eigenvalue weighted by Gasteiger charge is -2.30. The molecule has 1 fully saturated rings. The number of anilines is 1. The standard InChI is InChI=1S/C18H24N2O3/c1-2-23-18(21)17-16(20-8-10-22-11-9-20)12-15(13-19-17)14-6-4-3-5-7-14/h6,12-13H,2-5,7-11H2,1H3. The number of nitrogens with zero attached hydrogens (tertiary/aromatic N) is 2. The lowest BCUT2D eigenvalue weighted by Crippen LogP contribution is -2.37. The molecule has 0 saturated carbocycles. The Labute approximate surface area is 137 Å². The highest BCUT2D eigenvalue weighted by molar-refractivity contribution is 5.94. The molecule has 5 heteroatoms. The Morgan fingerprint density at radius 1 is 1.35 bits per heavy atom. The van der Waals surface area contributed by atoms with Crippen LogP contribution in [0.5, 0.6) is 0 Å². The van der Waals surface area contributed by atoms with E-state index < -0.39 is 0 Å². The van der Waals surface area contributed by atoms with Gasteiger partial charge >= 0.3 is 5.97 Å². The maximum atomic E-state index is 12.2. The first-order valence-electron chi connectivity index (χ1n) is 8.49. The highest BCUT2D eigenvalue weighted by atomic mass is 16.5. The van der Waals surface area contributed by atoms with E-state index in [1.54, 1.807) is 0 Å². The average Bonchev–Trinajstić information content (AvgIpc) is 2.63. The van der Waals surface area contributed by atoms with Crippen LogP contribution in [0.3, 0.4) is 0 Å². The van der Waals surface area contributed by atoms with Crippen molar-refractivity contribution in [3.05, 3.63) is 29.6 Å². The summed E-state index contributed by atoms with van der Waals surface area (Å²) in [7, 11) is 0. The average molecular weight is 316 g/mol. The molecule has 2 aliphatic rings. The summed E-state index contributed by atoms with van der Waals surface area (Å²) < 4.78 is 10.6. The normalized spacial score (nSPS) is 18.5. The highest BCUT2D eigenvalue weighted by Crippen LogP contribution is 2.30. The third kappa shape index (κ3) is 3.72. The van der Waals surface area contributed by atoms with E-state index >= 15 is 0 Å². The Bertz CT molecular complexity index is 592. The molecule has 1 aliphatic carbocycles. The molecule has 1 aliphatic heterocycles. The van der Waals surface area contributed by atoms with Crippen molar-refractivity contribution in [3.8, 4) is 0 Å². The minimum absolute atomic E-state index is 0.349. The molecule has 0 N–H and O–H groups in total. The maximum Gasteiger partial charge on any atom is 0.359 e. The van der Waals surface area contributed by atoms with Crippen LogP contribution in [0.1, 0.15) is 48.7 Å². The third-order valence-corrected chi connectivity index (χ3v) is 4.35. The topological polar surface area (TPSA) is 51.7 Å². The minimum Gasteiger partial charge on any atom is -0.461 e. The first-order valence-corrected chi connectivity index (χ1v) is 8.49. The molecule has 124 valence electrons. The number of aromatic nitrogens is 1. The van der Waals surface area contributed by atoms with Gasteiger partial charge in [0.15, 0.2) is 5.69 Å². The van der Waals surface area contributed by atoms with Gasteiger partial charge < -0.3 is 14.4 Å². The van der Waals surface area contributed by atoms with Gasteiger partial charge in [-0.2, -0.15) is 0 Å². The number of carbonyl (C=O) groups excluding carboxylic acids is 1. The number of morpholine rings is 1. The number of carbonyl (C=O) groups is 1. The maximum absolute atomic E-state index is 12.2. The zero-order valence-corrected chi connectivity index (χ0v) is 13.7. The van der Waals surface area contributed by atoms with Gasteiger partial charge in [-0.1, -0.05) is 6.08 Å². The quantitative estimate of drug-likeness (QED) is 0.799. The molecule has 2 heterocycles. The number of pyridine rings is 1. The summed E-state index contributed by atoms with van der Waals surface area (Å²) in [5.74, 6) is -0.349. The molecule has 0 aromatic carbocycles. The Morgan fingerprint density at radius 2 is 2.17 bits per heavy atom. The van der Waals surface area contributed by atoms with Crippen molar-refractivity contribution in [2.75, 3.05) is 37.8 Å². The fraction of sp³-hybridized carbons (Fsp3) is 0.556. The van der Waals surface area contributed by atoms with Crippen molar-refractivity contribution in [3.63, 3.8) is 0 Å². The molecule has 0 unspecified atom stereocenters. The van der Waals surface area contributed by atoms with Gasteiger partial charge in [0, 0.05) is 19.3 Å². The van der Waals surface area contributed by atoms with E-state index in [0.717, 1.165) is 37.2 Å². The summed E-state index contributed by atoms with van der Waals surface area (Å²) in [6.45, 7) is 5.07. The Kier molecular flexibility index (Phi) is 5.28. The van der Waals surface area contributed by atoms with Crippen molar-refractivity contribution in [1.82, 2.24) is 4.98 Å². The lowest BCUT2D eigenvalue weighted by atomic mass is 9.94. The first-order chi connectivity index (χ1) is 11.3. The van der Waals surface area contributed by atoms with Gasteiger partial charge in [-0.3, -0.25) is 0 Å². The number of hydrogen-bond acceptors (Lipinski definition) is 5. The predicted molar refractivity (Wildman–Crippen MR) is 89.7 cm³/mol. The van der Waals surface area contributed by atoms with Crippen LogP contribution in [-0.2, 0) is 9.47 Å². The van der Waals surface area contributed by atoms with Gasteiger partial charge in [0.2, 0.25) is 0 Å². The monoisotopic (exact) mass is 316 g/mol. The summed E-state index contributed by atoms with van der Waals surface area (Å²) in [6, 6.07) is 2.10. The largest absolute Gasteiger partial charge is 0.461 e. The van der Waals surface area contributed by atoms with Gasteiger partial charge in [-0.15, -0.1) is 0 Å². The van der Waals surface area contributed by atoms with E-state index in [4.69, 9.17) is 9.47 Å². The second-order valence-corrected chi connectivity index (χ2v) is 5.89. The van der Waals surface area contributed by atoms with Crippen LogP contribution in [0.25, 0.3) is 5.57 Å². The van der Waals surface area contributed by atoms with E-state index in [0.29, 0.717) is 25.5 Å². The first kappa shape index (κ1) is 16.0. The zero-order chi connectivity index (χ0) is 16.1. The van der Waals surface area contributed by atoms with Gasteiger partial charge in [0.05, 0.1) is 25.5 Å². The second kappa shape index (κ2) is 7.59.